The molecule has 0 spiro atoms. The highest BCUT2D eigenvalue weighted by Gasteiger charge is 2.06. The predicted octanol–water partition coefficient (Wildman–Crippen LogP) is 3.97. The van der Waals surface area contributed by atoms with Crippen molar-refractivity contribution in [2.24, 2.45) is 11.0 Å². The van der Waals surface area contributed by atoms with Crippen LogP contribution in [0.2, 0.25) is 0 Å². The lowest BCUT2D eigenvalue weighted by Crippen LogP contribution is -2.03. The minimum Gasteiger partial charge on any atom is -0.493 e. The van der Waals surface area contributed by atoms with Crippen molar-refractivity contribution in [1.82, 2.24) is 9.97 Å². The third-order valence-corrected chi connectivity index (χ3v) is 3.50. The van der Waals surface area contributed by atoms with Crippen LogP contribution >= 0.6 is 0 Å². The van der Waals surface area contributed by atoms with Crippen LogP contribution in [0.3, 0.4) is 0 Å². The van der Waals surface area contributed by atoms with Crippen molar-refractivity contribution >= 4 is 12.2 Å². The number of hydrogen-bond donors (Lipinski definition) is 1. The lowest BCUT2D eigenvalue weighted by Gasteiger charge is -2.12. The fraction of sp³-hybridized carbons (Fsp3) is 0.421. The molecular formula is C19H26N4O2. The Morgan fingerprint density at radius 1 is 1.12 bits per heavy atom. The number of rotatable bonds is 8. The van der Waals surface area contributed by atoms with Gasteiger partial charge >= 0.3 is 0 Å². The minimum atomic E-state index is 0.481. The van der Waals surface area contributed by atoms with Gasteiger partial charge in [0.1, 0.15) is 0 Å². The molecule has 1 N–H and O–H groups in total. The number of hydrogen-bond acceptors (Lipinski definition) is 6. The van der Waals surface area contributed by atoms with Crippen molar-refractivity contribution in [3.63, 3.8) is 0 Å². The van der Waals surface area contributed by atoms with Gasteiger partial charge in [0.2, 0.25) is 5.95 Å². The highest BCUT2D eigenvalue weighted by atomic mass is 16.5. The highest BCUT2D eigenvalue weighted by Crippen LogP contribution is 2.27. The molecule has 0 atom stereocenters. The predicted molar refractivity (Wildman–Crippen MR) is 101 cm³/mol. The van der Waals surface area contributed by atoms with E-state index in [-0.39, 0.29) is 0 Å². The van der Waals surface area contributed by atoms with E-state index in [1.165, 1.54) is 0 Å². The summed E-state index contributed by atoms with van der Waals surface area (Å²) in [5.41, 5.74) is 5.54. The van der Waals surface area contributed by atoms with Crippen LogP contribution in [0.4, 0.5) is 5.95 Å². The molecule has 2 aromatic rings. The van der Waals surface area contributed by atoms with Crippen LogP contribution in [0.5, 0.6) is 11.5 Å². The molecule has 25 heavy (non-hydrogen) atoms. The Balaban J connectivity index is 2.01. The number of nitrogens with zero attached hydrogens (tertiary/aromatic N) is 3. The van der Waals surface area contributed by atoms with Crippen LogP contribution in [-0.4, -0.2) is 29.9 Å². The molecule has 1 aromatic heterocycles. The summed E-state index contributed by atoms with van der Waals surface area (Å²) in [6, 6.07) is 7.63. The van der Waals surface area contributed by atoms with Gasteiger partial charge in [-0.1, -0.05) is 13.8 Å². The molecule has 6 nitrogen and oxygen atoms in total. The fourth-order valence-electron chi connectivity index (χ4n) is 2.23. The van der Waals surface area contributed by atoms with Gasteiger partial charge in [-0.25, -0.2) is 15.4 Å². The smallest absolute Gasteiger partial charge is 0.243 e. The molecule has 0 aliphatic rings. The Hall–Kier alpha value is -2.63. The second kappa shape index (κ2) is 9.01. The van der Waals surface area contributed by atoms with Crippen molar-refractivity contribution in [2.75, 3.05) is 19.1 Å². The zero-order valence-corrected chi connectivity index (χ0v) is 15.5. The van der Waals surface area contributed by atoms with Crippen LogP contribution in [0, 0.1) is 19.8 Å². The maximum Gasteiger partial charge on any atom is 0.243 e. The monoisotopic (exact) mass is 342 g/mol. The first-order valence-electron chi connectivity index (χ1n) is 8.40. The van der Waals surface area contributed by atoms with Gasteiger partial charge in [-0.15, -0.1) is 0 Å². The van der Waals surface area contributed by atoms with E-state index in [9.17, 15) is 0 Å². The van der Waals surface area contributed by atoms with E-state index in [1.807, 2.05) is 38.1 Å². The lowest BCUT2D eigenvalue weighted by molar-refractivity contribution is 0.273. The number of hydrazone groups is 1. The number of aryl methyl sites for hydroxylation is 2. The first-order valence-corrected chi connectivity index (χ1v) is 8.40. The molecule has 134 valence electrons. The number of ether oxygens (including phenoxy) is 2. The second-order valence-electron chi connectivity index (χ2n) is 6.29. The molecular weight excluding hydrogens is 316 g/mol. The zero-order valence-electron chi connectivity index (χ0n) is 15.5. The molecule has 0 unspecified atom stereocenters. The van der Waals surface area contributed by atoms with E-state index in [4.69, 9.17) is 9.47 Å². The average molecular weight is 342 g/mol. The Kier molecular flexibility index (Phi) is 6.74. The maximum atomic E-state index is 5.79. The van der Waals surface area contributed by atoms with E-state index in [0.717, 1.165) is 29.1 Å². The van der Waals surface area contributed by atoms with E-state index < -0.39 is 0 Å². The summed E-state index contributed by atoms with van der Waals surface area (Å²) in [6.45, 7) is 8.87. The molecule has 0 fully saturated rings. The Labute approximate surface area is 149 Å². The molecule has 0 saturated carbocycles. The Morgan fingerprint density at radius 3 is 2.48 bits per heavy atom. The van der Waals surface area contributed by atoms with Gasteiger partial charge in [0, 0.05) is 11.4 Å². The normalized spacial score (nSPS) is 11.1. The zero-order chi connectivity index (χ0) is 18.2. The molecule has 0 amide bonds. The van der Waals surface area contributed by atoms with Crippen molar-refractivity contribution in [2.45, 2.75) is 34.1 Å². The molecule has 2 rings (SSSR count). The third kappa shape index (κ3) is 6.06. The number of benzene rings is 1. The minimum absolute atomic E-state index is 0.481. The average Bonchev–Trinajstić information content (AvgIpc) is 2.54. The first-order chi connectivity index (χ1) is 12.0. The van der Waals surface area contributed by atoms with Gasteiger partial charge in [-0.05, 0) is 56.0 Å². The SMILES string of the molecule is COc1cc(/C=N/Nc2nc(C)cc(C)n2)ccc1OCCC(C)C. The largest absolute Gasteiger partial charge is 0.493 e. The maximum absolute atomic E-state index is 5.79. The van der Waals surface area contributed by atoms with Gasteiger partial charge in [-0.2, -0.15) is 5.10 Å². The molecule has 0 radical (unpaired) electrons. The summed E-state index contributed by atoms with van der Waals surface area (Å²) in [5, 5.41) is 4.19. The molecule has 1 aromatic carbocycles. The van der Waals surface area contributed by atoms with Crippen LogP contribution in [0.15, 0.2) is 29.4 Å². The molecule has 0 aliphatic heterocycles. The van der Waals surface area contributed by atoms with Crippen LogP contribution in [0.1, 0.15) is 37.2 Å². The summed E-state index contributed by atoms with van der Waals surface area (Å²) in [6.07, 6.45) is 2.70. The quantitative estimate of drug-likeness (QED) is 0.580. The van der Waals surface area contributed by atoms with Gasteiger partial charge in [0.25, 0.3) is 0 Å². The number of anilines is 1. The van der Waals surface area contributed by atoms with Gasteiger partial charge < -0.3 is 9.47 Å². The Bertz CT molecular complexity index is 709. The second-order valence-corrected chi connectivity index (χ2v) is 6.29. The molecule has 6 heteroatoms. The third-order valence-electron chi connectivity index (χ3n) is 3.50. The molecule has 0 bridgehead atoms. The van der Waals surface area contributed by atoms with E-state index in [0.29, 0.717) is 24.2 Å². The number of methoxy groups -OCH3 is 1. The summed E-state index contributed by atoms with van der Waals surface area (Å²) >= 11 is 0. The number of aromatic nitrogens is 2. The summed E-state index contributed by atoms with van der Waals surface area (Å²) < 4.78 is 11.2. The topological polar surface area (TPSA) is 68.6 Å². The Morgan fingerprint density at radius 2 is 1.84 bits per heavy atom. The van der Waals surface area contributed by atoms with Crippen molar-refractivity contribution < 1.29 is 9.47 Å². The summed E-state index contributed by atoms with van der Waals surface area (Å²) in [5.74, 6) is 2.52. The van der Waals surface area contributed by atoms with E-state index >= 15 is 0 Å². The van der Waals surface area contributed by atoms with Crippen molar-refractivity contribution in [1.29, 1.82) is 0 Å². The van der Waals surface area contributed by atoms with Crippen molar-refractivity contribution in [3.8, 4) is 11.5 Å². The van der Waals surface area contributed by atoms with Crippen LogP contribution < -0.4 is 14.9 Å². The highest BCUT2D eigenvalue weighted by molar-refractivity contribution is 5.81. The molecule has 1 heterocycles. The standard InChI is InChI=1S/C19H26N4O2/c1-13(2)8-9-25-17-7-6-16(11-18(17)24-5)12-20-23-19-21-14(3)10-15(4)22-19/h6-7,10-13H,8-9H2,1-5H3,(H,21,22,23)/b20-12+. The molecule has 0 aliphatic carbocycles. The van der Waals surface area contributed by atoms with Crippen LogP contribution in [-0.2, 0) is 0 Å². The van der Waals surface area contributed by atoms with Gasteiger partial charge in [0.05, 0.1) is 19.9 Å². The fourth-order valence-corrected chi connectivity index (χ4v) is 2.23. The van der Waals surface area contributed by atoms with Gasteiger partial charge in [-0.3, -0.25) is 0 Å². The lowest BCUT2D eigenvalue weighted by atomic mass is 10.1. The van der Waals surface area contributed by atoms with E-state index in [2.05, 4.69) is 34.3 Å². The first kappa shape index (κ1) is 18.7. The van der Waals surface area contributed by atoms with E-state index in [1.54, 1.807) is 13.3 Å². The van der Waals surface area contributed by atoms with Gasteiger partial charge in [0.15, 0.2) is 11.5 Å². The van der Waals surface area contributed by atoms with Crippen molar-refractivity contribution in [3.05, 3.63) is 41.2 Å². The number of nitrogens with one attached hydrogen (secondary N) is 1. The van der Waals surface area contributed by atoms with Crippen LogP contribution in [0.25, 0.3) is 0 Å². The molecule has 0 saturated heterocycles. The summed E-state index contributed by atoms with van der Waals surface area (Å²) in [4.78, 5) is 8.56. The summed E-state index contributed by atoms with van der Waals surface area (Å²) in [7, 11) is 1.63.